The molecule has 0 fully saturated rings. The van der Waals surface area contributed by atoms with Crippen molar-refractivity contribution in [2.24, 2.45) is 0 Å². The van der Waals surface area contributed by atoms with Crippen LogP contribution in [0.1, 0.15) is 33.0 Å². The van der Waals surface area contributed by atoms with Gasteiger partial charge in [0.25, 0.3) is 0 Å². The molecule has 0 spiro atoms. The number of ketones is 1. The number of hydrogen-bond donors (Lipinski definition) is 0. The van der Waals surface area contributed by atoms with Crippen LogP contribution in [0.5, 0.6) is 0 Å². The standard InChI is InChI=1S/C15H14Cl2O2/c1-8-9(2)19-10(3)15(8)14(18)7-11-4-5-12(16)13(17)6-11/h4-6H,7H2,1-3H3. The second-order valence-corrected chi connectivity index (χ2v) is 5.38. The number of carbonyl (C=O) groups is 1. The summed E-state index contributed by atoms with van der Waals surface area (Å²) >= 11 is 11.8. The van der Waals surface area contributed by atoms with Gasteiger partial charge in [0.15, 0.2) is 5.78 Å². The normalized spacial score (nSPS) is 10.8. The molecule has 0 amide bonds. The minimum Gasteiger partial charge on any atom is -0.466 e. The third-order valence-electron chi connectivity index (χ3n) is 3.19. The second-order valence-electron chi connectivity index (χ2n) is 4.56. The number of halogens is 2. The van der Waals surface area contributed by atoms with Crippen molar-refractivity contribution in [3.63, 3.8) is 0 Å². The van der Waals surface area contributed by atoms with Gasteiger partial charge in [-0.15, -0.1) is 0 Å². The third kappa shape index (κ3) is 2.85. The Kier molecular flexibility index (Phi) is 4.02. The Morgan fingerprint density at radius 3 is 2.32 bits per heavy atom. The van der Waals surface area contributed by atoms with Crippen LogP contribution in [-0.2, 0) is 6.42 Å². The summed E-state index contributed by atoms with van der Waals surface area (Å²) in [6, 6.07) is 5.23. The zero-order chi connectivity index (χ0) is 14.2. The Morgan fingerprint density at radius 1 is 1.11 bits per heavy atom. The molecule has 0 aliphatic carbocycles. The van der Waals surface area contributed by atoms with Crippen molar-refractivity contribution in [3.8, 4) is 0 Å². The SMILES string of the molecule is Cc1oc(C)c(C(=O)Cc2ccc(Cl)c(Cl)c2)c1C. The smallest absolute Gasteiger partial charge is 0.171 e. The molecule has 100 valence electrons. The van der Waals surface area contributed by atoms with E-state index in [2.05, 4.69) is 0 Å². The van der Waals surface area contributed by atoms with Crippen LogP contribution in [0.15, 0.2) is 22.6 Å². The number of aryl methyl sites for hydroxylation is 2. The van der Waals surface area contributed by atoms with Crippen molar-refractivity contribution < 1.29 is 9.21 Å². The molecule has 0 atom stereocenters. The minimum absolute atomic E-state index is 0.0326. The second kappa shape index (κ2) is 5.40. The average molecular weight is 297 g/mol. The van der Waals surface area contributed by atoms with E-state index in [0.29, 0.717) is 21.4 Å². The van der Waals surface area contributed by atoms with Crippen LogP contribution in [0.2, 0.25) is 10.0 Å². The Bertz CT molecular complexity index is 642. The molecule has 0 saturated carbocycles. The predicted octanol–water partition coefficient (Wildman–Crippen LogP) is 4.94. The monoisotopic (exact) mass is 296 g/mol. The quantitative estimate of drug-likeness (QED) is 0.751. The first-order chi connectivity index (χ1) is 8.90. The first-order valence-electron chi connectivity index (χ1n) is 5.94. The summed E-state index contributed by atoms with van der Waals surface area (Å²) in [4.78, 5) is 12.3. The van der Waals surface area contributed by atoms with Crippen molar-refractivity contribution in [1.29, 1.82) is 0 Å². The number of carbonyl (C=O) groups excluding carboxylic acids is 1. The van der Waals surface area contributed by atoms with E-state index < -0.39 is 0 Å². The molecule has 1 aromatic carbocycles. The molecule has 0 bridgehead atoms. The molecule has 0 radical (unpaired) electrons. The molecule has 1 aromatic heterocycles. The molecule has 2 nitrogen and oxygen atoms in total. The van der Waals surface area contributed by atoms with Crippen LogP contribution in [0, 0.1) is 20.8 Å². The lowest BCUT2D eigenvalue weighted by molar-refractivity contribution is 0.0991. The highest BCUT2D eigenvalue weighted by Crippen LogP contribution is 2.25. The molecule has 2 aromatic rings. The van der Waals surface area contributed by atoms with E-state index in [1.807, 2.05) is 26.8 Å². The molecule has 0 N–H and O–H groups in total. The molecular formula is C15H14Cl2O2. The highest BCUT2D eigenvalue weighted by molar-refractivity contribution is 6.42. The summed E-state index contributed by atoms with van der Waals surface area (Å²) in [5.74, 6) is 1.49. The van der Waals surface area contributed by atoms with Gasteiger partial charge in [0.1, 0.15) is 11.5 Å². The Labute approximate surface area is 122 Å². The van der Waals surface area contributed by atoms with Gasteiger partial charge < -0.3 is 4.42 Å². The Hall–Kier alpha value is -1.25. The fraction of sp³-hybridized carbons (Fsp3) is 0.267. The van der Waals surface area contributed by atoms with Crippen molar-refractivity contribution >= 4 is 29.0 Å². The van der Waals surface area contributed by atoms with Crippen LogP contribution in [0.3, 0.4) is 0 Å². The van der Waals surface area contributed by atoms with Gasteiger partial charge >= 0.3 is 0 Å². The van der Waals surface area contributed by atoms with E-state index in [4.69, 9.17) is 27.6 Å². The summed E-state index contributed by atoms with van der Waals surface area (Å²) in [6.07, 6.45) is 0.289. The molecule has 19 heavy (non-hydrogen) atoms. The largest absolute Gasteiger partial charge is 0.466 e. The fourth-order valence-corrected chi connectivity index (χ4v) is 2.45. The highest BCUT2D eigenvalue weighted by atomic mass is 35.5. The zero-order valence-corrected chi connectivity index (χ0v) is 12.5. The van der Waals surface area contributed by atoms with Gasteiger partial charge in [-0.25, -0.2) is 0 Å². The molecule has 0 aliphatic heterocycles. The summed E-state index contributed by atoms with van der Waals surface area (Å²) < 4.78 is 5.48. The first kappa shape index (κ1) is 14.2. The van der Waals surface area contributed by atoms with Crippen LogP contribution in [0.25, 0.3) is 0 Å². The number of Topliss-reactive ketones (excluding diaryl/α,β-unsaturated/α-hetero) is 1. The molecule has 1 heterocycles. The van der Waals surface area contributed by atoms with Crippen LogP contribution < -0.4 is 0 Å². The maximum atomic E-state index is 12.3. The number of rotatable bonds is 3. The van der Waals surface area contributed by atoms with E-state index in [0.717, 1.165) is 16.9 Å². The molecular weight excluding hydrogens is 283 g/mol. The molecule has 4 heteroatoms. The van der Waals surface area contributed by atoms with Gasteiger partial charge in [0.05, 0.1) is 15.6 Å². The van der Waals surface area contributed by atoms with Crippen LogP contribution in [-0.4, -0.2) is 5.78 Å². The predicted molar refractivity (Wildman–Crippen MR) is 77.4 cm³/mol. The van der Waals surface area contributed by atoms with Crippen molar-refractivity contribution in [2.45, 2.75) is 27.2 Å². The van der Waals surface area contributed by atoms with Gasteiger partial charge in [-0.2, -0.15) is 0 Å². The van der Waals surface area contributed by atoms with Crippen LogP contribution >= 0.6 is 23.2 Å². The first-order valence-corrected chi connectivity index (χ1v) is 6.69. The number of furan rings is 1. The lowest BCUT2D eigenvalue weighted by Crippen LogP contribution is -2.05. The summed E-state index contributed by atoms with van der Waals surface area (Å²) in [6.45, 7) is 5.56. The molecule has 0 aliphatic rings. The third-order valence-corrected chi connectivity index (χ3v) is 3.93. The summed E-state index contributed by atoms with van der Waals surface area (Å²) in [7, 11) is 0. The summed E-state index contributed by atoms with van der Waals surface area (Å²) in [5.41, 5.74) is 2.42. The van der Waals surface area contributed by atoms with Gasteiger partial charge in [0.2, 0.25) is 0 Å². The average Bonchev–Trinajstić information content (AvgIpc) is 2.58. The summed E-state index contributed by atoms with van der Waals surface area (Å²) in [5, 5.41) is 0.952. The fourth-order valence-electron chi connectivity index (χ4n) is 2.13. The van der Waals surface area contributed by atoms with Crippen molar-refractivity contribution in [2.75, 3.05) is 0 Å². The topological polar surface area (TPSA) is 30.2 Å². The van der Waals surface area contributed by atoms with Crippen molar-refractivity contribution in [1.82, 2.24) is 0 Å². The van der Waals surface area contributed by atoms with E-state index >= 15 is 0 Å². The number of hydrogen-bond acceptors (Lipinski definition) is 2. The van der Waals surface area contributed by atoms with E-state index in [9.17, 15) is 4.79 Å². The minimum atomic E-state index is 0.0326. The Balaban J connectivity index is 2.28. The maximum Gasteiger partial charge on any atom is 0.171 e. The zero-order valence-electron chi connectivity index (χ0n) is 11.0. The van der Waals surface area contributed by atoms with Gasteiger partial charge in [-0.05, 0) is 38.5 Å². The molecule has 2 rings (SSSR count). The number of benzene rings is 1. The lowest BCUT2D eigenvalue weighted by atomic mass is 10.00. The van der Waals surface area contributed by atoms with E-state index in [1.54, 1.807) is 12.1 Å². The lowest BCUT2D eigenvalue weighted by Gasteiger charge is -2.03. The van der Waals surface area contributed by atoms with E-state index in [-0.39, 0.29) is 12.2 Å². The van der Waals surface area contributed by atoms with Gasteiger partial charge in [-0.1, -0.05) is 29.3 Å². The van der Waals surface area contributed by atoms with Crippen molar-refractivity contribution in [3.05, 3.63) is 56.5 Å². The van der Waals surface area contributed by atoms with Gasteiger partial charge in [0, 0.05) is 12.0 Å². The molecule has 0 unspecified atom stereocenters. The highest BCUT2D eigenvalue weighted by Gasteiger charge is 2.18. The van der Waals surface area contributed by atoms with Crippen LogP contribution in [0.4, 0.5) is 0 Å². The van der Waals surface area contributed by atoms with E-state index in [1.165, 1.54) is 0 Å². The Morgan fingerprint density at radius 2 is 1.79 bits per heavy atom. The molecule has 0 saturated heterocycles. The maximum absolute atomic E-state index is 12.3. The van der Waals surface area contributed by atoms with Gasteiger partial charge in [-0.3, -0.25) is 4.79 Å².